The highest BCUT2D eigenvalue weighted by Crippen LogP contribution is 2.28. The SMILES string of the molecule is O=C(Nc1nc2ccc(Cl)cc2s1)OCCO. The molecule has 90 valence electrons. The lowest BCUT2D eigenvalue weighted by molar-refractivity contribution is 0.131. The van der Waals surface area contributed by atoms with E-state index in [9.17, 15) is 4.79 Å². The molecule has 0 atom stereocenters. The standard InChI is InChI=1S/C10H9ClN2O3S/c11-6-1-2-7-8(5-6)17-9(12-7)13-10(15)16-4-3-14/h1-2,5,14H,3-4H2,(H,12,13,15). The van der Waals surface area contributed by atoms with Crippen LogP contribution in [-0.4, -0.2) is 29.4 Å². The molecule has 2 rings (SSSR count). The Bertz CT molecular complexity index is 543. The fourth-order valence-corrected chi connectivity index (χ4v) is 2.34. The van der Waals surface area contributed by atoms with Crippen molar-refractivity contribution in [2.75, 3.05) is 18.5 Å². The number of hydrogen-bond donors (Lipinski definition) is 2. The number of amides is 1. The first-order chi connectivity index (χ1) is 8.19. The number of aliphatic hydroxyl groups excluding tert-OH is 1. The van der Waals surface area contributed by atoms with Gasteiger partial charge < -0.3 is 9.84 Å². The van der Waals surface area contributed by atoms with Gasteiger partial charge >= 0.3 is 6.09 Å². The van der Waals surface area contributed by atoms with Crippen molar-refractivity contribution < 1.29 is 14.6 Å². The monoisotopic (exact) mass is 272 g/mol. The first-order valence-electron chi connectivity index (χ1n) is 4.80. The summed E-state index contributed by atoms with van der Waals surface area (Å²) in [5, 5.41) is 12.0. The molecule has 1 amide bonds. The molecule has 0 unspecified atom stereocenters. The average Bonchev–Trinajstić information content (AvgIpc) is 2.67. The van der Waals surface area contributed by atoms with Crippen LogP contribution in [0.15, 0.2) is 18.2 Å². The molecule has 2 aromatic rings. The van der Waals surface area contributed by atoms with Crippen molar-refractivity contribution in [1.29, 1.82) is 0 Å². The van der Waals surface area contributed by atoms with Gasteiger partial charge in [0.25, 0.3) is 0 Å². The summed E-state index contributed by atoms with van der Waals surface area (Å²) in [6.45, 7) is -0.245. The molecule has 7 heteroatoms. The number of benzene rings is 1. The quantitative estimate of drug-likeness (QED) is 0.900. The van der Waals surface area contributed by atoms with Gasteiger partial charge in [-0.1, -0.05) is 22.9 Å². The molecule has 2 N–H and O–H groups in total. The number of fused-ring (bicyclic) bond motifs is 1. The number of anilines is 1. The number of aromatic nitrogens is 1. The van der Waals surface area contributed by atoms with Crippen molar-refractivity contribution in [3.8, 4) is 0 Å². The van der Waals surface area contributed by atoms with Crippen molar-refractivity contribution in [1.82, 2.24) is 4.98 Å². The number of aliphatic hydroxyl groups is 1. The highest BCUT2D eigenvalue weighted by molar-refractivity contribution is 7.22. The summed E-state index contributed by atoms with van der Waals surface area (Å²) in [5.74, 6) is 0. The van der Waals surface area contributed by atoms with Gasteiger partial charge in [0.05, 0.1) is 16.8 Å². The van der Waals surface area contributed by atoms with Gasteiger partial charge in [-0.05, 0) is 18.2 Å². The lowest BCUT2D eigenvalue weighted by Crippen LogP contribution is -2.15. The molecular formula is C10H9ClN2O3S. The maximum atomic E-state index is 11.2. The van der Waals surface area contributed by atoms with E-state index < -0.39 is 6.09 Å². The van der Waals surface area contributed by atoms with Gasteiger partial charge in [0.1, 0.15) is 6.61 Å². The summed E-state index contributed by atoms with van der Waals surface area (Å²) in [7, 11) is 0. The summed E-state index contributed by atoms with van der Waals surface area (Å²) in [4.78, 5) is 15.4. The molecule has 0 aliphatic rings. The highest BCUT2D eigenvalue weighted by atomic mass is 35.5. The van der Waals surface area contributed by atoms with Gasteiger partial charge in [-0.2, -0.15) is 0 Å². The molecule has 1 heterocycles. The van der Waals surface area contributed by atoms with Crippen molar-refractivity contribution >= 4 is 44.4 Å². The van der Waals surface area contributed by atoms with Gasteiger partial charge in [0.15, 0.2) is 5.13 Å². The zero-order valence-corrected chi connectivity index (χ0v) is 10.2. The van der Waals surface area contributed by atoms with Crippen molar-refractivity contribution in [3.63, 3.8) is 0 Å². The van der Waals surface area contributed by atoms with E-state index in [-0.39, 0.29) is 13.2 Å². The smallest absolute Gasteiger partial charge is 0.413 e. The van der Waals surface area contributed by atoms with E-state index in [4.69, 9.17) is 16.7 Å². The predicted octanol–water partition coefficient (Wildman–Crippen LogP) is 2.49. The van der Waals surface area contributed by atoms with Crippen molar-refractivity contribution in [3.05, 3.63) is 23.2 Å². The van der Waals surface area contributed by atoms with E-state index in [1.165, 1.54) is 11.3 Å². The van der Waals surface area contributed by atoms with E-state index in [0.29, 0.717) is 10.2 Å². The summed E-state index contributed by atoms with van der Waals surface area (Å²) in [6, 6.07) is 5.29. The van der Waals surface area contributed by atoms with E-state index >= 15 is 0 Å². The minimum absolute atomic E-state index is 0.0391. The van der Waals surface area contributed by atoms with Crippen LogP contribution < -0.4 is 5.32 Å². The van der Waals surface area contributed by atoms with Gasteiger partial charge in [0.2, 0.25) is 0 Å². The fraction of sp³-hybridized carbons (Fsp3) is 0.200. The van der Waals surface area contributed by atoms with E-state index in [2.05, 4.69) is 15.0 Å². The Morgan fingerprint density at radius 1 is 1.59 bits per heavy atom. The molecule has 17 heavy (non-hydrogen) atoms. The fourth-order valence-electron chi connectivity index (χ4n) is 1.21. The van der Waals surface area contributed by atoms with Gasteiger partial charge in [0, 0.05) is 5.02 Å². The van der Waals surface area contributed by atoms with Crippen LogP contribution >= 0.6 is 22.9 Å². The molecule has 0 aliphatic heterocycles. The van der Waals surface area contributed by atoms with Crippen LogP contribution in [0, 0.1) is 0 Å². The lowest BCUT2D eigenvalue weighted by Gasteiger charge is -2.01. The van der Waals surface area contributed by atoms with Crippen LogP contribution in [0.25, 0.3) is 10.2 Å². The van der Waals surface area contributed by atoms with Crippen molar-refractivity contribution in [2.45, 2.75) is 0 Å². The third-order valence-electron chi connectivity index (χ3n) is 1.88. The zero-order chi connectivity index (χ0) is 12.3. The Hall–Kier alpha value is -1.37. The number of ether oxygens (including phenoxy) is 1. The number of nitrogens with zero attached hydrogens (tertiary/aromatic N) is 1. The van der Waals surface area contributed by atoms with Crippen LogP contribution in [-0.2, 0) is 4.74 Å². The summed E-state index contributed by atoms with van der Waals surface area (Å²) in [5.41, 5.74) is 0.761. The Morgan fingerprint density at radius 3 is 3.18 bits per heavy atom. The molecule has 0 saturated carbocycles. The van der Waals surface area contributed by atoms with Crippen LogP contribution in [0.4, 0.5) is 9.93 Å². The summed E-state index contributed by atoms with van der Waals surface area (Å²) < 4.78 is 5.54. The molecule has 0 radical (unpaired) electrons. The number of thiazole rings is 1. The molecule has 0 fully saturated rings. The van der Waals surface area contributed by atoms with Gasteiger partial charge in [-0.25, -0.2) is 9.78 Å². The summed E-state index contributed by atoms with van der Waals surface area (Å²) in [6.07, 6.45) is -0.635. The highest BCUT2D eigenvalue weighted by Gasteiger charge is 2.08. The molecule has 0 spiro atoms. The molecule has 1 aromatic heterocycles. The normalized spacial score (nSPS) is 10.5. The second kappa shape index (κ2) is 5.31. The average molecular weight is 273 g/mol. The van der Waals surface area contributed by atoms with E-state index in [1.54, 1.807) is 18.2 Å². The molecule has 0 saturated heterocycles. The molecule has 0 bridgehead atoms. The Labute approximate surface area is 106 Å². The Kier molecular flexibility index (Phi) is 3.78. The number of rotatable bonds is 3. The summed E-state index contributed by atoms with van der Waals surface area (Å²) >= 11 is 7.14. The maximum Gasteiger partial charge on any atom is 0.413 e. The topological polar surface area (TPSA) is 71.5 Å². The Balaban J connectivity index is 2.11. The molecule has 0 aliphatic carbocycles. The minimum atomic E-state index is -0.635. The van der Waals surface area contributed by atoms with E-state index in [1.807, 2.05) is 0 Å². The molecular weight excluding hydrogens is 264 g/mol. The Morgan fingerprint density at radius 2 is 2.41 bits per heavy atom. The van der Waals surface area contributed by atoms with Crippen LogP contribution in [0.5, 0.6) is 0 Å². The van der Waals surface area contributed by atoms with Crippen LogP contribution in [0.1, 0.15) is 0 Å². The number of carbonyl (C=O) groups excluding carboxylic acids is 1. The predicted molar refractivity (Wildman–Crippen MR) is 66.7 cm³/mol. The first-order valence-corrected chi connectivity index (χ1v) is 5.99. The van der Waals surface area contributed by atoms with Gasteiger partial charge in [-0.3, -0.25) is 5.32 Å². The third kappa shape index (κ3) is 3.06. The molecule has 5 nitrogen and oxygen atoms in total. The zero-order valence-electron chi connectivity index (χ0n) is 8.64. The van der Waals surface area contributed by atoms with Gasteiger partial charge in [-0.15, -0.1) is 0 Å². The number of nitrogens with one attached hydrogen (secondary N) is 1. The number of halogens is 1. The number of carbonyl (C=O) groups is 1. The van der Waals surface area contributed by atoms with Crippen molar-refractivity contribution in [2.24, 2.45) is 0 Å². The second-order valence-corrected chi connectivity index (χ2v) is 4.58. The third-order valence-corrected chi connectivity index (χ3v) is 3.05. The van der Waals surface area contributed by atoms with Crippen LogP contribution in [0.2, 0.25) is 5.02 Å². The first kappa shape index (κ1) is 12.1. The van der Waals surface area contributed by atoms with E-state index in [0.717, 1.165) is 10.2 Å². The minimum Gasteiger partial charge on any atom is -0.447 e. The molecule has 1 aromatic carbocycles. The number of hydrogen-bond acceptors (Lipinski definition) is 5. The second-order valence-electron chi connectivity index (χ2n) is 3.12. The maximum absolute atomic E-state index is 11.2. The lowest BCUT2D eigenvalue weighted by atomic mass is 10.3. The van der Waals surface area contributed by atoms with Crippen LogP contribution in [0.3, 0.4) is 0 Å². The largest absolute Gasteiger partial charge is 0.447 e.